The minimum atomic E-state index is -0.223. The van der Waals surface area contributed by atoms with Crippen LogP contribution in [0.2, 0.25) is 0 Å². The van der Waals surface area contributed by atoms with E-state index in [1.54, 1.807) is 32.3 Å². The van der Waals surface area contributed by atoms with Gasteiger partial charge in [0.05, 0.1) is 7.11 Å². The zero-order valence-electron chi connectivity index (χ0n) is 11.8. The average Bonchev–Trinajstić information content (AvgIpc) is 2.87. The van der Waals surface area contributed by atoms with Crippen LogP contribution in [0.15, 0.2) is 35.5 Å². The van der Waals surface area contributed by atoms with Crippen molar-refractivity contribution in [1.82, 2.24) is 4.90 Å². The van der Waals surface area contributed by atoms with E-state index >= 15 is 0 Å². The number of hydrogen-bond acceptors (Lipinski definition) is 4. The molecule has 0 saturated carbocycles. The smallest absolute Gasteiger partial charge is 0.201 e. The first-order chi connectivity index (χ1) is 9.56. The van der Waals surface area contributed by atoms with E-state index in [0.717, 1.165) is 16.9 Å². The lowest BCUT2D eigenvalue weighted by atomic mass is 10.0. The highest BCUT2D eigenvalue weighted by molar-refractivity contribution is 6.14. The van der Waals surface area contributed by atoms with E-state index in [1.165, 1.54) is 0 Å². The van der Waals surface area contributed by atoms with Crippen LogP contribution in [0, 0.1) is 11.3 Å². The van der Waals surface area contributed by atoms with Gasteiger partial charge in [0.2, 0.25) is 5.78 Å². The van der Waals surface area contributed by atoms with Crippen LogP contribution >= 0.6 is 0 Å². The minimum absolute atomic E-state index is 0.146. The van der Waals surface area contributed by atoms with Gasteiger partial charge in [-0.05, 0) is 17.7 Å². The van der Waals surface area contributed by atoms with Crippen LogP contribution in [-0.4, -0.2) is 31.9 Å². The van der Waals surface area contributed by atoms with Gasteiger partial charge in [-0.25, -0.2) is 0 Å². The number of nitrogens with zero attached hydrogens (tertiary/aromatic N) is 2. The highest BCUT2D eigenvalue weighted by atomic mass is 16.5. The van der Waals surface area contributed by atoms with Gasteiger partial charge in [0.1, 0.15) is 17.4 Å². The maximum atomic E-state index is 12.4. The molecule has 4 nitrogen and oxygen atoms in total. The molecule has 0 unspecified atom stereocenters. The maximum Gasteiger partial charge on any atom is 0.201 e. The molecule has 20 heavy (non-hydrogen) atoms. The van der Waals surface area contributed by atoms with Crippen molar-refractivity contribution >= 4 is 11.9 Å². The number of ketones is 1. The molecule has 1 aromatic rings. The van der Waals surface area contributed by atoms with Gasteiger partial charge < -0.3 is 9.64 Å². The first kappa shape index (κ1) is 13.9. The SMILES string of the molecule is COc1cccc2c1C=C(C(=O)C(C#N)=CN(C)C)C2. The van der Waals surface area contributed by atoms with E-state index in [2.05, 4.69) is 0 Å². The molecule has 0 atom stereocenters. The van der Waals surface area contributed by atoms with Crippen LogP contribution in [0.1, 0.15) is 11.1 Å². The summed E-state index contributed by atoms with van der Waals surface area (Å²) in [7, 11) is 5.17. The Labute approximate surface area is 118 Å². The minimum Gasteiger partial charge on any atom is -0.496 e. The largest absolute Gasteiger partial charge is 0.496 e. The molecule has 0 fully saturated rings. The normalized spacial score (nSPS) is 13.3. The molecular formula is C16H16N2O2. The van der Waals surface area contributed by atoms with Gasteiger partial charge in [0.25, 0.3) is 0 Å². The van der Waals surface area contributed by atoms with Gasteiger partial charge in [0, 0.05) is 37.9 Å². The lowest BCUT2D eigenvalue weighted by Gasteiger charge is -2.06. The second kappa shape index (κ2) is 5.62. The molecule has 4 heteroatoms. The van der Waals surface area contributed by atoms with Crippen molar-refractivity contribution in [3.05, 3.63) is 46.7 Å². The molecular weight excluding hydrogens is 252 g/mol. The molecule has 0 spiro atoms. The molecule has 0 N–H and O–H groups in total. The van der Waals surface area contributed by atoms with Gasteiger partial charge in [-0.1, -0.05) is 12.1 Å². The van der Waals surface area contributed by atoms with E-state index in [4.69, 9.17) is 10.00 Å². The van der Waals surface area contributed by atoms with E-state index in [1.807, 2.05) is 30.3 Å². The van der Waals surface area contributed by atoms with E-state index < -0.39 is 0 Å². The molecule has 0 aliphatic heterocycles. The van der Waals surface area contributed by atoms with Gasteiger partial charge in [-0.3, -0.25) is 4.79 Å². The second-order valence-corrected chi connectivity index (χ2v) is 4.83. The van der Waals surface area contributed by atoms with E-state index in [9.17, 15) is 4.79 Å². The number of fused-ring (bicyclic) bond motifs is 1. The van der Waals surface area contributed by atoms with Crippen LogP contribution in [0.4, 0.5) is 0 Å². The fraction of sp³-hybridized carbons (Fsp3) is 0.250. The number of hydrogen-bond donors (Lipinski definition) is 0. The molecule has 0 radical (unpaired) electrons. The van der Waals surface area contributed by atoms with E-state index in [0.29, 0.717) is 12.0 Å². The zero-order chi connectivity index (χ0) is 14.7. The molecule has 0 bridgehead atoms. The Balaban J connectivity index is 2.34. The molecule has 1 aromatic carbocycles. The van der Waals surface area contributed by atoms with Crippen LogP contribution in [0.3, 0.4) is 0 Å². The highest BCUT2D eigenvalue weighted by Crippen LogP contribution is 2.33. The van der Waals surface area contributed by atoms with Gasteiger partial charge in [0.15, 0.2) is 0 Å². The quantitative estimate of drug-likeness (QED) is 0.620. The Morgan fingerprint density at radius 1 is 1.45 bits per heavy atom. The summed E-state index contributed by atoms with van der Waals surface area (Å²) < 4.78 is 5.29. The predicted octanol–water partition coefficient (Wildman–Crippen LogP) is 2.17. The summed E-state index contributed by atoms with van der Waals surface area (Å²) in [6.45, 7) is 0. The Morgan fingerprint density at radius 3 is 2.80 bits per heavy atom. The maximum absolute atomic E-state index is 12.4. The van der Waals surface area contributed by atoms with Crippen molar-refractivity contribution in [3.8, 4) is 11.8 Å². The average molecular weight is 268 g/mol. The second-order valence-electron chi connectivity index (χ2n) is 4.83. The first-order valence-electron chi connectivity index (χ1n) is 6.26. The number of carbonyl (C=O) groups is 1. The molecule has 102 valence electrons. The third-order valence-electron chi connectivity index (χ3n) is 3.12. The summed E-state index contributed by atoms with van der Waals surface area (Å²) in [6, 6.07) is 7.70. The summed E-state index contributed by atoms with van der Waals surface area (Å²) in [5.74, 6) is 0.528. The van der Waals surface area contributed by atoms with Crippen molar-refractivity contribution in [2.45, 2.75) is 6.42 Å². The molecule has 0 amide bonds. The van der Waals surface area contributed by atoms with Gasteiger partial charge >= 0.3 is 0 Å². The van der Waals surface area contributed by atoms with Crippen LogP contribution in [0.25, 0.3) is 6.08 Å². The van der Waals surface area contributed by atoms with Crippen LogP contribution in [-0.2, 0) is 11.2 Å². The monoisotopic (exact) mass is 268 g/mol. The lowest BCUT2D eigenvalue weighted by Crippen LogP contribution is -2.10. The lowest BCUT2D eigenvalue weighted by molar-refractivity contribution is -0.111. The molecule has 1 aliphatic rings. The predicted molar refractivity (Wildman–Crippen MR) is 77.1 cm³/mol. The summed E-state index contributed by atoms with van der Waals surface area (Å²) in [4.78, 5) is 14.0. The summed E-state index contributed by atoms with van der Waals surface area (Å²) >= 11 is 0. The van der Waals surface area contributed by atoms with Crippen molar-refractivity contribution < 1.29 is 9.53 Å². The topological polar surface area (TPSA) is 53.3 Å². The third-order valence-corrected chi connectivity index (χ3v) is 3.12. The Kier molecular flexibility index (Phi) is 3.90. The zero-order valence-corrected chi connectivity index (χ0v) is 11.8. The number of carbonyl (C=O) groups excluding carboxylic acids is 1. The molecule has 0 aromatic heterocycles. The fourth-order valence-corrected chi connectivity index (χ4v) is 2.23. The Morgan fingerprint density at radius 2 is 2.20 bits per heavy atom. The molecule has 0 heterocycles. The molecule has 2 rings (SSSR count). The Hall–Kier alpha value is -2.54. The number of Topliss-reactive ketones (excluding diaryl/α,β-unsaturated/α-hetero) is 1. The summed E-state index contributed by atoms with van der Waals surface area (Å²) in [5.41, 5.74) is 2.75. The number of nitriles is 1. The van der Waals surface area contributed by atoms with Crippen LogP contribution < -0.4 is 4.74 Å². The first-order valence-corrected chi connectivity index (χ1v) is 6.26. The number of ether oxygens (including phenoxy) is 1. The fourth-order valence-electron chi connectivity index (χ4n) is 2.23. The molecule has 0 saturated heterocycles. The third kappa shape index (κ3) is 2.57. The van der Waals surface area contributed by atoms with Crippen molar-refractivity contribution in [3.63, 3.8) is 0 Å². The van der Waals surface area contributed by atoms with Crippen molar-refractivity contribution in [2.24, 2.45) is 0 Å². The number of methoxy groups -OCH3 is 1. The number of benzene rings is 1. The van der Waals surface area contributed by atoms with Gasteiger partial charge in [-0.15, -0.1) is 0 Å². The molecule has 1 aliphatic carbocycles. The van der Waals surface area contributed by atoms with E-state index in [-0.39, 0.29) is 11.4 Å². The number of allylic oxidation sites excluding steroid dienone is 2. The number of rotatable bonds is 4. The van der Waals surface area contributed by atoms with Crippen molar-refractivity contribution in [2.75, 3.05) is 21.2 Å². The summed E-state index contributed by atoms with van der Waals surface area (Å²) in [6.07, 6.45) is 3.90. The van der Waals surface area contributed by atoms with Crippen molar-refractivity contribution in [1.29, 1.82) is 5.26 Å². The summed E-state index contributed by atoms with van der Waals surface area (Å²) in [5, 5.41) is 9.11. The standard InChI is InChI=1S/C16H16N2O2/c1-18(2)10-13(9-17)16(19)12-7-11-5-4-6-15(20-3)14(11)8-12/h4-6,8,10H,7H2,1-3H3. The van der Waals surface area contributed by atoms with Crippen LogP contribution in [0.5, 0.6) is 5.75 Å². The van der Waals surface area contributed by atoms with Gasteiger partial charge in [-0.2, -0.15) is 5.26 Å². The highest BCUT2D eigenvalue weighted by Gasteiger charge is 2.23. The Bertz CT molecular complexity index is 649.